The highest BCUT2D eigenvalue weighted by atomic mass is 35.5. The Bertz CT molecular complexity index is 647. The van der Waals surface area contributed by atoms with Crippen molar-refractivity contribution in [1.82, 2.24) is 9.88 Å². The van der Waals surface area contributed by atoms with Gasteiger partial charge in [0.2, 0.25) is 6.29 Å². The molecule has 1 saturated heterocycles. The topological polar surface area (TPSA) is 133 Å². The Kier molecular flexibility index (Phi) is 11.5. The Balaban J connectivity index is 0.000000416. The molecule has 1 aromatic rings. The number of aromatic nitrogens is 1. The molecule has 9 nitrogen and oxygen atoms in total. The number of likely N-dealkylation sites (tertiary alicyclic amines) is 1. The van der Waals surface area contributed by atoms with Gasteiger partial charge in [0.25, 0.3) is 0 Å². The van der Waals surface area contributed by atoms with E-state index in [4.69, 9.17) is 26.7 Å². The summed E-state index contributed by atoms with van der Waals surface area (Å²) < 4.78 is 0. The van der Waals surface area contributed by atoms with Crippen molar-refractivity contribution in [1.29, 1.82) is 0 Å². The molecule has 10 heteroatoms. The van der Waals surface area contributed by atoms with Gasteiger partial charge in [0.1, 0.15) is 0 Å². The summed E-state index contributed by atoms with van der Waals surface area (Å²) in [6, 6.07) is 3.54. The van der Waals surface area contributed by atoms with E-state index in [1.165, 1.54) is 19.3 Å². The van der Waals surface area contributed by atoms with Crippen LogP contribution in [-0.2, 0) is 14.4 Å². The number of piperidine rings is 1. The van der Waals surface area contributed by atoms with Gasteiger partial charge in [-0.25, -0.2) is 9.59 Å². The quantitative estimate of drug-likeness (QED) is 0.255. The predicted molar refractivity (Wildman–Crippen MR) is 103 cm³/mol. The third-order valence-electron chi connectivity index (χ3n) is 3.66. The van der Waals surface area contributed by atoms with Gasteiger partial charge >= 0.3 is 11.9 Å². The van der Waals surface area contributed by atoms with E-state index in [0.29, 0.717) is 24.1 Å². The zero-order valence-electron chi connectivity index (χ0n) is 15.3. The minimum absolute atomic E-state index is 0.190. The van der Waals surface area contributed by atoms with Crippen molar-refractivity contribution < 1.29 is 29.7 Å². The van der Waals surface area contributed by atoms with E-state index in [1.807, 2.05) is 0 Å². The highest BCUT2D eigenvalue weighted by Crippen LogP contribution is 2.10. The Morgan fingerprint density at radius 1 is 1.25 bits per heavy atom. The zero-order valence-corrected chi connectivity index (χ0v) is 16.0. The summed E-state index contributed by atoms with van der Waals surface area (Å²) in [6.45, 7) is 3.03. The highest BCUT2D eigenvalue weighted by Gasteiger charge is 2.13. The molecule has 0 aromatic carbocycles. The van der Waals surface area contributed by atoms with Crippen molar-refractivity contribution in [2.24, 2.45) is 5.16 Å². The number of carboxylic acids is 2. The maximum Gasteiger partial charge on any atom is 0.328 e. The molecule has 1 atom stereocenters. The monoisotopic (exact) mass is 413 g/mol. The number of pyridine rings is 1. The average molecular weight is 414 g/mol. The molecule has 1 unspecified atom stereocenters. The van der Waals surface area contributed by atoms with E-state index in [2.05, 4.69) is 15.0 Å². The first-order chi connectivity index (χ1) is 13.4. The fourth-order valence-electron chi connectivity index (χ4n) is 2.32. The number of nitrogens with zero attached hydrogens (tertiary/aromatic N) is 3. The van der Waals surface area contributed by atoms with Crippen molar-refractivity contribution in [3.05, 3.63) is 42.2 Å². The van der Waals surface area contributed by atoms with Gasteiger partial charge in [-0.05, 0) is 38.1 Å². The van der Waals surface area contributed by atoms with Crippen molar-refractivity contribution in [2.45, 2.75) is 32.0 Å². The number of aliphatic carboxylic acids is 2. The molecule has 1 aromatic heterocycles. The largest absolute Gasteiger partial charge is 0.478 e. The number of aliphatic hydroxyl groups excluding tert-OH is 1. The van der Waals surface area contributed by atoms with Crippen LogP contribution in [0.4, 0.5) is 0 Å². The lowest BCUT2D eigenvalue weighted by Gasteiger charge is -2.26. The summed E-state index contributed by atoms with van der Waals surface area (Å²) in [5.41, 5.74) is 0.664. The second-order valence-corrected chi connectivity index (χ2v) is 6.24. The van der Waals surface area contributed by atoms with Gasteiger partial charge in [-0.2, -0.15) is 0 Å². The minimum Gasteiger partial charge on any atom is -0.478 e. The number of halogens is 1. The van der Waals surface area contributed by atoms with Crippen LogP contribution in [0.1, 0.15) is 31.2 Å². The maximum atomic E-state index is 9.75. The first-order valence-electron chi connectivity index (χ1n) is 8.72. The molecular formula is C18H24ClN3O6. The zero-order chi connectivity index (χ0) is 20.8. The van der Waals surface area contributed by atoms with E-state index >= 15 is 0 Å². The number of oxime groups is 1. The van der Waals surface area contributed by atoms with Crippen LogP contribution in [0, 0.1) is 0 Å². The molecule has 1 aliphatic rings. The van der Waals surface area contributed by atoms with E-state index in [1.54, 1.807) is 24.5 Å². The molecule has 2 rings (SSSR count). The molecule has 1 fully saturated rings. The Hall–Kier alpha value is -2.49. The molecule has 0 bridgehead atoms. The standard InChI is InChI=1S/C14H20ClN3O2.C4H4O4/c15-14(12-5-4-7-16-11-12)17-20-13(19)6-10-18-8-2-1-3-9-18;5-3(6)1-2-4(7)8/h4-5,7,11,13,19H,1-3,6,8-10H2;1-2H,(H,5,6)(H,7,8)/b;2-1-. The van der Waals surface area contributed by atoms with Crippen LogP contribution in [0.15, 0.2) is 41.8 Å². The van der Waals surface area contributed by atoms with E-state index < -0.39 is 18.2 Å². The van der Waals surface area contributed by atoms with Crippen molar-refractivity contribution in [3.63, 3.8) is 0 Å². The lowest BCUT2D eigenvalue weighted by Crippen LogP contribution is -2.32. The number of carboxylic acid groups (broad SMARTS) is 2. The van der Waals surface area contributed by atoms with Crippen LogP contribution in [-0.4, -0.2) is 68.2 Å². The highest BCUT2D eigenvalue weighted by molar-refractivity contribution is 6.69. The normalized spacial score (nSPS) is 16.1. The third-order valence-corrected chi connectivity index (χ3v) is 3.95. The number of aliphatic hydroxyl groups is 1. The second kappa shape index (κ2) is 13.6. The van der Waals surface area contributed by atoms with E-state index in [-0.39, 0.29) is 5.17 Å². The van der Waals surface area contributed by atoms with Crippen molar-refractivity contribution in [2.75, 3.05) is 19.6 Å². The summed E-state index contributed by atoms with van der Waals surface area (Å²) in [5.74, 6) is -2.51. The SMILES string of the molecule is O=C(O)/C=C\C(=O)O.OC(CCN1CCCCC1)ON=C(Cl)c1cccnc1. The average Bonchev–Trinajstić information content (AvgIpc) is 2.71. The number of hydrogen-bond donors (Lipinski definition) is 3. The molecule has 28 heavy (non-hydrogen) atoms. The molecule has 0 aliphatic carbocycles. The van der Waals surface area contributed by atoms with Gasteiger partial charge in [-0.15, -0.1) is 0 Å². The van der Waals surface area contributed by atoms with Crippen LogP contribution in [0.5, 0.6) is 0 Å². The van der Waals surface area contributed by atoms with Gasteiger partial charge in [0.15, 0.2) is 5.17 Å². The lowest BCUT2D eigenvalue weighted by molar-refractivity contribution is -0.134. The molecule has 1 aliphatic heterocycles. The van der Waals surface area contributed by atoms with Crippen LogP contribution >= 0.6 is 11.6 Å². The van der Waals surface area contributed by atoms with Gasteiger partial charge in [0, 0.05) is 43.1 Å². The van der Waals surface area contributed by atoms with Gasteiger partial charge in [-0.1, -0.05) is 23.2 Å². The maximum absolute atomic E-state index is 9.75. The van der Waals surface area contributed by atoms with Crippen molar-refractivity contribution in [3.8, 4) is 0 Å². The van der Waals surface area contributed by atoms with Crippen LogP contribution in [0.2, 0.25) is 0 Å². The number of rotatable bonds is 8. The fraction of sp³-hybridized carbons (Fsp3) is 0.444. The predicted octanol–water partition coefficient (Wildman–Crippen LogP) is 1.90. The summed E-state index contributed by atoms with van der Waals surface area (Å²) in [4.78, 5) is 30.4. The molecule has 0 spiro atoms. The summed E-state index contributed by atoms with van der Waals surface area (Å²) in [5, 5.41) is 29.3. The van der Waals surface area contributed by atoms with Gasteiger partial charge in [-0.3, -0.25) is 4.98 Å². The Morgan fingerprint density at radius 2 is 1.89 bits per heavy atom. The van der Waals surface area contributed by atoms with Gasteiger partial charge < -0.3 is 25.1 Å². The smallest absolute Gasteiger partial charge is 0.328 e. The first kappa shape index (κ1) is 23.5. The molecular weight excluding hydrogens is 390 g/mol. The summed E-state index contributed by atoms with van der Waals surface area (Å²) in [6.07, 6.45) is 7.75. The van der Waals surface area contributed by atoms with E-state index in [0.717, 1.165) is 19.6 Å². The minimum atomic E-state index is -1.26. The summed E-state index contributed by atoms with van der Waals surface area (Å²) >= 11 is 5.96. The first-order valence-corrected chi connectivity index (χ1v) is 9.10. The molecule has 0 amide bonds. The molecule has 0 radical (unpaired) electrons. The summed E-state index contributed by atoms with van der Waals surface area (Å²) in [7, 11) is 0. The second-order valence-electron chi connectivity index (χ2n) is 5.88. The molecule has 3 N–H and O–H groups in total. The Labute approximate surface area is 167 Å². The third kappa shape index (κ3) is 11.3. The van der Waals surface area contributed by atoms with Crippen LogP contribution < -0.4 is 0 Å². The molecule has 0 saturated carbocycles. The van der Waals surface area contributed by atoms with Crippen molar-refractivity contribution >= 4 is 28.7 Å². The van der Waals surface area contributed by atoms with Crippen LogP contribution in [0.25, 0.3) is 0 Å². The number of hydrogen-bond acceptors (Lipinski definition) is 7. The molecule has 2 heterocycles. The molecule has 154 valence electrons. The fourth-order valence-corrected chi connectivity index (χ4v) is 2.47. The number of carbonyl (C=O) groups is 2. The van der Waals surface area contributed by atoms with Crippen LogP contribution in [0.3, 0.4) is 0 Å². The van der Waals surface area contributed by atoms with E-state index in [9.17, 15) is 14.7 Å². The lowest BCUT2D eigenvalue weighted by atomic mass is 10.1. The Morgan fingerprint density at radius 3 is 2.43 bits per heavy atom. The van der Waals surface area contributed by atoms with Gasteiger partial charge in [0.05, 0.1) is 0 Å².